The van der Waals surface area contributed by atoms with Crippen molar-refractivity contribution >= 4 is 0 Å². The van der Waals surface area contributed by atoms with E-state index in [4.69, 9.17) is 0 Å². The smallest absolute Gasteiger partial charge is 0.0236 e. The van der Waals surface area contributed by atoms with E-state index in [1.807, 2.05) is 13.8 Å². The highest BCUT2D eigenvalue weighted by Gasteiger charge is 2.20. The number of hydrogen-bond acceptors (Lipinski definition) is 1. The molecule has 3 rings (SSSR count). The molecule has 2 aromatic carbocycles. The highest BCUT2D eigenvalue weighted by atomic mass is 15.1. The lowest BCUT2D eigenvalue weighted by molar-refractivity contribution is 0.241. The van der Waals surface area contributed by atoms with Crippen LogP contribution in [0.4, 0.5) is 0 Å². The van der Waals surface area contributed by atoms with Gasteiger partial charge in [-0.3, -0.25) is 4.90 Å². The monoisotopic (exact) mass is 323 g/mol. The molecular weight excluding hydrogens is 290 g/mol. The molecule has 0 aromatic heterocycles. The van der Waals surface area contributed by atoms with E-state index in [1.54, 1.807) is 16.7 Å². The van der Waals surface area contributed by atoms with Crippen LogP contribution in [0.1, 0.15) is 62.3 Å². The van der Waals surface area contributed by atoms with E-state index in [0.717, 1.165) is 13.1 Å². The van der Waals surface area contributed by atoms with Gasteiger partial charge in [-0.2, -0.15) is 0 Å². The number of hydrogen-bond donors (Lipinski definition) is 0. The van der Waals surface area contributed by atoms with Gasteiger partial charge >= 0.3 is 0 Å². The van der Waals surface area contributed by atoms with Gasteiger partial charge in [0.05, 0.1) is 0 Å². The number of benzene rings is 2. The Labute approximate surface area is 148 Å². The van der Waals surface area contributed by atoms with Crippen molar-refractivity contribution in [3.8, 4) is 0 Å². The second-order valence-electron chi connectivity index (χ2n) is 6.60. The summed E-state index contributed by atoms with van der Waals surface area (Å²) >= 11 is 0. The molecule has 24 heavy (non-hydrogen) atoms. The van der Waals surface area contributed by atoms with Crippen molar-refractivity contribution < 1.29 is 0 Å². The van der Waals surface area contributed by atoms with E-state index in [-0.39, 0.29) is 0 Å². The van der Waals surface area contributed by atoms with E-state index < -0.39 is 0 Å². The first-order chi connectivity index (χ1) is 11.8. The molecule has 0 aliphatic carbocycles. The van der Waals surface area contributed by atoms with Crippen LogP contribution in [0.3, 0.4) is 0 Å². The Hall–Kier alpha value is -1.60. The zero-order valence-electron chi connectivity index (χ0n) is 15.9. The molecule has 1 heterocycles. The Morgan fingerprint density at radius 2 is 1.75 bits per heavy atom. The minimum absolute atomic E-state index is 0.599. The lowest BCUT2D eigenvalue weighted by atomic mass is 9.91. The Morgan fingerprint density at radius 3 is 2.46 bits per heavy atom. The number of fused-ring (bicyclic) bond motifs is 1. The van der Waals surface area contributed by atoms with Gasteiger partial charge in [-0.05, 0) is 41.0 Å². The molecule has 0 N–H and O–H groups in total. The summed E-state index contributed by atoms with van der Waals surface area (Å²) in [6.07, 6.45) is 3.68. The fourth-order valence-electron chi connectivity index (χ4n) is 3.68. The lowest BCUT2D eigenvalue weighted by Gasteiger charge is -2.32. The lowest BCUT2D eigenvalue weighted by Crippen LogP contribution is -2.33. The molecule has 0 fully saturated rings. The van der Waals surface area contributed by atoms with E-state index >= 15 is 0 Å². The predicted octanol–water partition coefficient (Wildman–Crippen LogP) is 5.83. The molecule has 1 atom stereocenters. The standard InChI is InChI=1S/C21H27N.C2H6/c1-3-8-19-11-7-12-20-16-22(14-13-21(19)20)15-17(2)18-9-5-4-6-10-18;1-2/h4-7,9-12,17H,3,8,13-16H2,1-2H3;1-2H3. The van der Waals surface area contributed by atoms with E-state index in [9.17, 15) is 0 Å². The Morgan fingerprint density at radius 1 is 1.00 bits per heavy atom. The highest BCUT2D eigenvalue weighted by Crippen LogP contribution is 2.25. The molecule has 1 heteroatoms. The summed E-state index contributed by atoms with van der Waals surface area (Å²) in [4.78, 5) is 2.62. The van der Waals surface area contributed by atoms with Crippen molar-refractivity contribution in [2.24, 2.45) is 0 Å². The van der Waals surface area contributed by atoms with Crippen LogP contribution in [0.15, 0.2) is 48.5 Å². The summed E-state index contributed by atoms with van der Waals surface area (Å²) < 4.78 is 0. The third-order valence-electron chi connectivity index (χ3n) is 4.86. The average molecular weight is 324 g/mol. The Bertz CT molecular complexity index is 603. The van der Waals surface area contributed by atoms with Crippen molar-refractivity contribution in [1.82, 2.24) is 4.90 Å². The predicted molar refractivity (Wildman–Crippen MR) is 106 cm³/mol. The van der Waals surface area contributed by atoms with Gasteiger partial charge in [-0.15, -0.1) is 0 Å². The fraction of sp³-hybridized carbons (Fsp3) is 0.478. The molecule has 130 valence electrons. The molecule has 0 bridgehead atoms. The second-order valence-corrected chi connectivity index (χ2v) is 6.60. The van der Waals surface area contributed by atoms with Crippen molar-refractivity contribution in [2.45, 2.75) is 59.4 Å². The van der Waals surface area contributed by atoms with Crippen LogP contribution < -0.4 is 0 Å². The van der Waals surface area contributed by atoms with Crippen molar-refractivity contribution in [2.75, 3.05) is 13.1 Å². The van der Waals surface area contributed by atoms with Crippen LogP contribution in [0.25, 0.3) is 0 Å². The second kappa shape index (κ2) is 9.64. The van der Waals surface area contributed by atoms with Crippen LogP contribution in [0.5, 0.6) is 0 Å². The SMILES string of the molecule is CC.CCCc1cccc2c1CCN(CC(C)c1ccccc1)C2. The largest absolute Gasteiger partial charge is 0.298 e. The summed E-state index contributed by atoms with van der Waals surface area (Å²) in [5, 5.41) is 0. The maximum absolute atomic E-state index is 2.62. The van der Waals surface area contributed by atoms with E-state index in [2.05, 4.69) is 67.3 Å². The zero-order chi connectivity index (χ0) is 17.4. The number of aryl methyl sites for hydroxylation is 1. The van der Waals surface area contributed by atoms with E-state index in [1.165, 1.54) is 31.4 Å². The fourth-order valence-corrected chi connectivity index (χ4v) is 3.68. The van der Waals surface area contributed by atoms with Crippen LogP contribution in [-0.2, 0) is 19.4 Å². The van der Waals surface area contributed by atoms with Gasteiger partial charge in [0.15, 0.2) is 0 Å². The molecular formula is C23H33N. The minimum atomic E-state index is 0.599. The van der Waals surface area contributed by atoms with Crippen LogP contribution in [-0.4, -0.2) is 18.0 Å². The molecule has 0 radical (unpaired) electrons. The van der Waals surface area contributed by atoms with Crippen molar-refractivity contribution in [3.63, 3.8) is 0 Å². The topological polar surface area (TPSA) is 3.24 Å². The zero-order valence-corrected chi connectivity index (χ0v) is 15.9. The summed E-state index contributed by atoms with van der Waals surface area (Å²) in [5.74, 6) is 0.599. The summed E-state index contributed by atoms with van der Waals surface area (Å²) in [7, 11) is 0. The third kappa shape index (κ3) is 4.70. The van der Waals surface area contributed by atoms with Gasteiger partial charge in [0, 0.05) is 19.6 Å². The molecule has 1 aliphatic rings. The molecule has 0 saturated heterocycles. The maximum atomic E-state index is 2.62. The van der Waals surface area contributed by atoms with Gasteiger partial charge in [-0.25, -0.2) is 0 Å². The minimum Gasteiger partial charge on any atom is -0.298 e. The van der Waals surface area contributed by atoms with Gasteiger partial charge < -0.3 is 0 Å². The molecule has 2 aromatic rings. The third-order valence-corrected chi connectivity index (χ3v) is 4.86. The summed E-state index contributed by atoms with van der Waals surface area (Å²) in [5.41, 5.74) is 6.22. The van der Waals surface area contributed by atoms with Crippen molar-refractivity contribution in [3.05, 3.63) is 70.8 Å². The molecule has 0 amide bonds. The van der Waals surface area contributed by atoms with Gasteiger partial charge in [0.1, 0.15) is 0 Å². The molecule has 1 unspecified atom stereocenters. The number of nitrogens with zero attached hydrogens (tertiary/aromatic N) is 1. The quantitative estimate of drug-likeness (QED) is 0.669. The van der Waals surface area contributed by atoms with Gasteiger partial charge in [-0.1, -0.05) is 82.6 Å². The maximum Gasteiger partial charge on any atom is 0.0236 e. The highest BCUT2D eigenvalue weighted by molar-refractivity contribution is 5.37. The normalized spacial score (nSPS) is 15.2. The average Bonchev–Trinajstić information content (AvgIpc) is 2.64. The van der Waals surface area contributed by atoms with E-state index in [0.29, 0.717) is 5.92 Å². The van der Waals surface area contributed by atoms with Gasteiger partial charge in [0.25, 0.3) is 0 Å². The Kier molecular flexibility index (Phi) is 7.52. The van der Waals surface area contributed by atoms with Crippen molar-refractivity contribution in [1.29, 1.82) is 0 Å². The molecule has 0 saturated carbocycles. The first-order valence-electron chi connectivity index (χ1n) is 9.65. The first kappa shape index (κ1) is 18.7. The van der Waals surface area contributed by atoms with Crippen LogP contribution in [0, 0.1) is 0 Å². The Balaban J connectivity index is 0.00000100. The summed E-state index contributed by atoms with van der Waals surface area (Å²) in [6, 6.07) is 17.8. The summed E-state index contributed by atoms with van der Waals surface area (Å²) in [6.45, 7) is 12.1. The van der Waals surface area contributed by atoms with Crippen LogP contribution >= 0.6 is 0 Å². The first-order valence-corrected chi connectivity index (χ1v) is 9.65. The van der Waals surface area contributed by atoms with Crippen LogP contribution in [0.2, 0.25) is 0 Å². The molecule has 1 aliphatic heterocycles. The molecule has 1 nitrogen and oxygen atoms in total. The molecule has 0 spiro atoms. The number of rotatable bonds is 5. The van der Waals surface area contributed by atoms with Gasteiger partial charge in [0.2, 0.25) is 0 Å².